The third-order valence-electron chi connectivity index (χ3n) is 4.77. The van der Waals surface area contributed by atoms with Crippen molar-refractivity contribution in [3.8, 4) is 0 Å². The summed E-state index contributed by atoms with van der Waals surface area (Å²) in [5.41, 5.74) is 1.03. The van der Waals surface area contributed by atoms with Gasteiger partial charge < -0.3 is 9.88 Å². The Balaban J connectivity index is 1.58. The van der Waals surface area contributed by atoms with Crippen molar-refractivity contribution in [2.45, 2.75) is 38.3 Å². The van der Waals surface area contributed by atoms with Gasteiger partial charge in [-0.1, -0.05) is 18.2 Å². The van der Waals surface area contributed by atoms with Crippen LogP contribution in [-0.2, 0) is 20.9 Å². The molecule has 4 rings (SSSR count). The minimum Gasteiger partial charge on any atom is -0.352 e. The summed E-state index contributed by atoms with van der Waals surface area (Å²) in [5, 5.41) is 7.43. The Hall–Kier alpha value is -2.63. The van der Waals surface area contributed by atoms with Gasteiger partial charge in [0.1, 0.15) is 6.04 Å². The number of hydrogen-bond donors (Lipinski definition) is 2. The largest absolute Gasteiger partial charge is 0.352 e. The van der Waals surface area contributed by atoms with Gasteiger partial charge in [0.25, 0.3) is 0 Å². The lowest BCUT2D eigenvalue weighted by Gasteiger charge is -2.22. The summed E-state index contributed by atoms with van der Waals surface area (Å²) >= 11 is 0. The Morgan fingerprint density at radius 2 is 2.04 bits per heavy atom. The lowest BCUT2D eigenvalue weighted by atomic mass is 10.1. The van der Waals surface area contributed by atoms with Crippen molar-refractivity contribution >= 4 is 28.5 Å². The van der Waals surface area contributed by atoms with Crippen molar-refractivity contribution in [1.82, 2.24) is 15.2 Å². The quantitative estimate of drug-likeness (QED) is 0.839. The first-order valence-corrected chi connectivity index (χ1v) is 8.32. The van der Waals surface area contributed by atoms with Crippen molar-refractivity contribution in [1.29, 1.82) is 0 Å². The summed E-state index contributed by atoms with van der Waals surface area (Å²) < 4.78 is 1.87. The number of nitrogens with one attached hydrogen (secondary N) is 2. The number of amides is 3. The third-order valence-corrected chi connectivity index (χ3v) is 4.77. The standard InChI is InChI=1S/C18H19N3O3/c22-16-7-6-15(18(24)20-16)21-9-13-3-1-2-12(14(13)10-21)8-19-17(23)11-4-5-11/h1-3,9-11,15H,4-8H2,(H,19,23)(H,20,22,24). The fourth-order valence-corrected chi connectivity index (χ4v) is 3.22. The van der Waals surface area contributed by atoms with E-state index in [0.29, 0.717) is 19.4 Å². The van der Waals surface area contributed by atoms with Crippen LogP contribution in [0.25, 0.3) is 10.8 Å². The maximum atomic E-state index is 12.1. The van der Waals surface area contributed by atoms with Gasteiger partial charge in [0.15, 0.2) is 0 Å². The fourth-order valence-electron chi connectivity index (χ4n) is 3.22. The SMILES string of the molecule is O=C1CCC(n2cc3cccc(CNC(=O)C4CC4)c3c2)C(=O)N1. The molecule has 0 radical (unpaired) electrons. The van der Waals surface area contributed by atoms with Crippen LogP contribution in [-0.4, -0.2) is 22.3 Å². The highest BCUT2D eigenvalue weighted by molar-refractivity contribution is 5.99. The number of hydrogen-bond acceptors (Lipinski definition) is 3. The lowest BCUT2D eigenvalue weighted by Crippen LogP contribution is -2.41. The predicted molar refractivity (Wildman–Crippen MR) is 87.9 cm³/mol. The molecule has 24 heavy (non-hydrogen) atoms. The molecule has 1 aliphatic heterocycles. The number of fused-ring (bicyclic) bond motifs is 1. The summed E-state index contributed by atoms with van der Waals surface area (Å²) in [7, 11) is 0. The Labute approximate surface area is 139 Å². The molecule has 2 N–H and O–H groups in total. The zero-order valence-electron chi connectivity index (χ0n) is 13.2. The van der Waals surface area contributed by atoms with Crippen molar-refractivity contribution in [3.05, 3.63) is 36.2 Å². The molecule has 1 aromatic heterocycles. The number of rotatable bonds is 4. The molecule has 0 spiro atoms. The number of benzene rings is 1. The molecule has 1 aliphatic carbocycles. The van der Waals surface area contributed by atoms with E-state index >= 15 is 0 Å². The topological polar surface area (TPSA) is 80.2 Å². The molecule has 1 aromatic carbocycles. The van der Waals surface area contributed by atoms with E-state index < -0.39 is 0 Å². The van der Waals surface area contributed by atoms with E-state index in [9.17, 15) is 14.4 Å². The second kappa shape index (κ2) is 5.78. The van der Waals surface area contributed by atoms with E-state index in [1.807, 2.05) is 35.2 Å². The van der Waals surface area contributed by atoms with E-state index in [0.717, 1.165) is 29.2 Å². The van der Waals surface area contributed by atoms with Crippen LogP contribution in [0, 0.1) is 5.92 Å². The Bertz CT molecular complexity index is 835. The number of carbonyl (C=O) groups excluding carboxylic acids is 3. The van der Waals surface area contributed by atoms with Crippen LogP contribution in [0.1, 0.15) is 37.3 Å². The average Bonchev–Trinajstić information content (AvgIpc) is 3.32. The first kappa shape index (κ1) is 14.9. The van der Waals surface area contributed by atoms with Crippen LogP contribution in [0.5, 0.6) is 0 Å². The summed E-state index contributed by atoms with van der Waals surface area (Å²) in [5.74, 6) is -0.152. The molecule has 3 amide bonds. The molecule has 124 valence electrons. The van der Waals surface area contributed by atoms with Gasteiger partial charge in [0, 0.05) is 36.7 Å². The zero-order valence-corrected chi connectivity index (χ0v) is 13.2. The van der Waals surface area contributed by atoms with E-state index in [2.05, 4.69) is 10.6 Å². The van der Waals surface area contributed by atoms with Crippen LogP contribution < -0.4 is 10.6 Å². The van der Waals surface area contributed by atoms with Crippen LogP contribution in [0.15, 0.2) is 30.6 Å². The van der Waals surface area contributed by atoms with Gasteiger partial charge in [0.2, 0.25) is 17.7 Å². The lowest BCUT2D eigenvalue weighted by molar-refractivity contribution is -0.135. The Morgan fingerprint density at radius 1 is 1.21 bits per heavy atom. The molecule has 2 fully saturated rings. The molecule has 6 heteroatoms. The molecule has 6 nitrogen and oxygen atoms in total. The summed E-state index contributed by atoms with van der Waals surface area (Å²) in [6, 6.07) is 5.58. The van der Waals surface area contributed by atoms with E-state index in [-0.39, 0.29) is 29.7 Å². The number of piperidine rings is 1. The molecule has 1 unspecified atom stereocenters. The molecular weight excluding hydrogens is 306 g/mol. The average molecular weight is 325 g/mol. The minimum atomic E-state index is -0.357. The van der Waals surface area contributed by atoms with Crippen molar-refractivity contribution in [2.75, 3.05) is 0 Å². The monoisotopic (exact) mass is 325 g/mol. The van der Waals surface area contributed by atoms with Gasteiger partial charge >= 0.3 is 0 Å². The molecule has 1 atom stereocenters. The number of imide groups is 1. The number of nitrogens with zero attached hydrogens (tertiary/aromatic N) is 1. The van der Waals surface area contributed by atoms with E-state index in [1.54, 1.807) is 0 Å². The van der Waals surface area contributed by atoms with Gasteiger partial charge in [-0.3, -0.25) is 19.7 Å². The van der Waals surface area contributed by atoms with Crippen LogP contribution in [0.2, 0.25) is 0 Å². The number of aromatic nitrogens is 1. The van der Waals surface area contributed by atoms with Gasteiger partial charge in [-0.2, -0.15) is 0 Å². The van der Waals surface area contributed by atoms with Gasteiger partial charge in [-0.25, -0.2) is 0 Å². The van der Waals surface area contributed by atoms with Crippen molar-refractivity contribution in [3.63, 3.8) is 0 Å². The van der Waals surface area contributed by atoms with Crippen LogP contribution in [0.4, 0.5) is 0 Å². The van der Waals surface area contributed by atoms with Crippen molar-refractivity contribution in [2.24, 2.45) is 5.92 Å². The molecule has 1 saturated carbocycles. The normalized spacial score (nSPS) is 20.9. The van der Waals surface area contributed by atoms with Gasteiger partial charge in [-0.05, 0) is 30.2 Å². The fraction of sp³-hybridized carbons (Fsp3) is 0.389. The smallest absolute Gasteiger partial charge is 0.249 e. The molecule has 2 aromatic rings. The first-order chi connectivity index (χ1) is 11.6. The van der Waals surface area contributed by atoms with Gasteiger partial charge in [-0.15, -0.1) is 0 Å². The predicted octanol–water partition coefficient (Wildman–Crippen LogP) is 1.65. The maximum Gasteiger partial charge on any atom is 0.249 e. The van der Waals surface area contributed by atoms with Crippen molar-refractivity contribution < 1.29 is 14.4 Å². The Kier molecular flexibility index (Phi) is 3.59. The Morgan fingerprint density at radius 3 is 2.79 bits per heavy atom. The molecule has 1 saturated heterocycles. The first-order valence-electron chi connectivity index (χ1n) is 8.32. The van der Waals surface area contributed by atoms with E-state index in [1.165, 1.54) is 0 Å². The van der Waals surface area contributed by atoms with E-state index in [4.69, 9.17) is 0 Å². The maximum absolute atomic E-state index is 12.1. The molecule has 0 bridgehead atoms. The molecule has 2 heterocycles. The molecule has 2 aliphatic rings. The van der Waals surface area contributed by atoms with Gasteiger partial charge in [0.05, 0.1) is 0 Å². The summed E-state index contributed by atoms with van der Waals surface area (Å²) in [6.07, 6.45) is 6.72. The minimum absolute atomic E-state index is 0.122. The highest BCUT2D eigenvalue weighted by atomic mass is 16.2. The highest BCUT2D eigenvalue weighted by Crippen LogP contribution is 2.29. The second-order valence-corrected chi connectivity index (χ2v) is 6.58. The second-order valence-electron chi connectivity index (χ2n) is 6.58. The summed E-state index contributed by atoms with van der Waals surface area (Å²) in [6.45, 7) is 0.492. The highest BCUT2D eigenvalue weighted by Gasteiger charge is 2.30. The van der Waals surface area contributed by atoms with Crippen LogP contribution >= 0.6 is 0 Å². The molecular formula is C18H19N3O3. The third kappa shape index (κ3) is 2.79. The zero-order chi connectivity index (χ0) is 16.7. The summed E-state index contributed by atoms with van der Waals surface area (Å²) in [4.78, 5) is 35.2. The van der Waals surface area contributed by atoms with Crippen LogP contribution in [0.3, 0.4) is 0 Å². The number of carbonyl (C=O) groups is 3.